The van der Waals surface area contributed by atoms with Crippen LogP contribution < -0.4 is 10.5 Å². The number of nitrogens with two attached hydrogens (primary N) is 1. The van der Waals surface area contributed by atoms with E-state index in [2.05, 4.69) is 0 Å². The van der Waals surface area contributed by atoms with Crippen LogP contribution in [0.5, 0.6) is 11.5 Å². The summed E-state index contributed by atoms with van der Waals surface area (Å²) in [5.41, 5.74) is 8.55. The van der Waals surface area contributed by atoms with E-state index in [1.165, 1.54) is 5.56 Å². The second-order valence-electron chi connectivity index (χ2n) is 3.75. The van der Waals surface area contributed by atoms with Gasteiger partial charge in [0.25, 0.3) is 0 Å². The van der Waals surface area contributed by atoms with Crippen molar-refractivity contribution < 1.29 is 9.84 Å². The number of hydrogen-bond donors (Lipinski definition) is 2. The van der Waals surface area contributed by atoms with Gasteiger partial charge < -0.3 is 15.6 Å². The molecule has 0 saturated heterocycles. The minimum absolute atomic E-state index is 0.242. The molecule has 0 atom stereocenters. The highest BCUT2D eigenvalue weighted by Gasteiger charge is 2.12. The Kier molecular flexibility index (Phi) is 3.97. The zero-order valence-electron chi connectivity index (χ0n) is 9.63. The van der Waals surface area contributed by atoms with Crippen molar-refractivity contribution in [2.24, 2.45) is 5.73 Å². The molecule has 84 valence electrons. The van der Waals surface area contributed by atoms with Gasteiger partial charge in [0.05, 0.1) is 7.11 Å². The van der Waals surface area contributed by atoms with Crippen molar-refractivity contribution >= 4 is 0 Å². The van der Waals surface area contributed by atoms with E-state index >= 15 is 0 Å². The summed E-state index contributed by atoms with van der Waals surface area (Å²) in [6, 6.07) is 2.00. The molecule has 3 nitrogen and oxygen atoms in total. The Morgan fingerprint density at radius 3 is 2.60 bits per heavy atom. The first-order valence-corrected chi connectivity index (χ1v) is 5.18. The molecule has 0 spiro atoms. The van der Waals surface area contributed by atoms with E-state index in [1.54, 1.807) is 7.11 Å². The molecule has 0 heterocycles. The summed E-state index contributed by atoms with van der Waals surface area (Å²) in [6.07, 6.45) is 1.88. The zero-order valence-corrected chi connectivity index (χ0v) is 9.63. The summed E-state index contributed by atoms with van der Waals surface area (Å²) in [5.74, 6) is 0.827. The van der Waals surface area contributed by atoms with Crippen LogP contribution in [0.3, 0.4) is 0 Å². The van der Waals surface area contributed by atoms with Crippen molar-refractivity contribution in [2.75, 3.05) is 13.7 Å². The molecule has 0 bridgehead atoms. The zero-order chi connectivity index (χ0) is 11.4. The van der Waals surface area contributed by atoms with E-state index in [1.807, 2.05) is 19.9 Å². The summed E-state index contributed by atoms with van der Waals surface area (Å²) in [4.78, 5) is 0. The standard InChI is InChI=1S/C12H19NO2/c1-8-7-10(5-4-6-13)9(2)12(15-3)11(8)14/h7,14H,4-6,13H2,1-3H3. The van der Waals surface area contributed by atoms with Crippen molar-refractivity contribution in [3.8, 4) is 11.5 Å². The predicted octanol–water partition coefficient (Wildman–Crippen LogP) is 1.91. The number of hydrogen-bond acceptors (Lipinski definition) is 3. The van der Waals surface area contributed by atoms with Gasteiger partial charge in [0.2, 0.25) is 0 Å². The summed E-state index contributed by atoms with van der Waals surface area (Å²) in [6.45, 7) is 4.52. The minimum atomic E-state index is 0.242. The SMILES string of the molecule is COc1c(C)c(CCCN)cc(C)c1O. The summed E-state index contributed by atoms with van der Waals surface area (Å²) in [7, 11) is 1.58. The molecule has 1 aromatic carbocycles. The number of phenols is 1. The van der Waals surface area contributed by atoms with Gasteiger partial charge >= 0.3 is 0 Å². The molecule has 0 amide bonds. The highest BCUT2D eigenvalue weighted by Crippen LogP contribution is 2.35. The largest absolute Gasteiger partial charge is 0.504 e. The number of rotatable bonds is 4. The molecule has 1 rings (SSSR count). The predicted molar refractivity (Wildman–Crippen MR) is 61.5 cm³/mol. The van der Waals surface area contributed by atoms with Crippen LogP contribution in [0.15, 0.2) is 6.07 Å². The van der Waals surface area contributed by atoms with E-state index in [0.29, 0.717) is 12.3 Å². The molecule has 0 aromatic heterocycles. The molecular formula is C12H19NO2. The smallest absolute Gasteiger partial charge is 0.163 e. The topological polar surface area (TPSA) is 55.5 Å². The molecule has 0 aliphatic carbocycles. The number of benzene rings is 1. The molecule has 0 radical (unpaired) electrons. The quantitative estimate of drug-likeness (QED) is 0.796. The lowest BCUT2D eigenvalue weighted by atomic mass is 9.99. The van der Waals surface area contributed by atoms with Crippen molar-refractivity contribution in [1.29, 1.82) is 0 Å². The molecule has 15 heavy (non-hydrogen) atoms. The van der Waals surface area contributed by atoms with Crippen LogP contribution in [0.25, 0.3) is 0 Å². The molecular weight excluding hydrogens is 190 g/mol. The van der Waals surface area contributed by atoms with E-state index in [0.717, 1.165) is 24.0 Å². The number of methoxy groups -OCH3 is 1. The van der Waals surface area contributed by atoms with Crippen LogP contribution in [-0.4, -0.2) is 18.8 Å². The normalized spacial score (nSPS) is 10.4. The van der Waals surface area contributed by atoms with Crippen LogP contribution in [0.1, 0.15) is 23.1 Å². The average Bonchev–Trinajstić information content (AvgIpc) is 2.22. The lowest BCUT2D eigenvalue weighted by molar-refractivity contribution is 0.368. The van der Waals surface area contributed by atoms with Gasteiger partial charge in [0.15, 0.2) is 11.5 Å². The Balaban J connectivity index is 3.12. The van der Waals surface area contributed by atoms with Gasteiger partial charge in [-0.3, -0.25) is 0 Å². The molecule has 1 aromatic rings. The summed E-state index contributed by atoms with van der Waals surface area (Å²) >= 11 is 0. The highest BCUT2D eigenvalue weighted by atomic mass is 16.5. The first-order valence-electron chi connectivity index (χ1n) is 5.18. The Morgan fingerprint density at radius 1 is 1.40 bits per heavy atom. The lowest BCUT2D eigenvalue weighted by Crippen LogP contribution is -2.03. The van der Waals surface area contributed by atoms with Crippen LogP contribution in [0.4, 0.5) is 0 Å². The summed E-state index contributed by atoms with van der Waals surface area (Å²) < 4.78 is 5.20. The molecule has 0 aliphatic rings. The van der Waals surface area contributed by atoms with E-state index < -0.39 is 0 Å². The van der Waals surface area contributed by atoms with Crippen LogP contribution in [0.2, 0.25) is 0 Å². The fourth-order valence-corrected chi connectivity index (χ4v) is 1.74. The van der Waals surface area contributed by atoms with E-state index in [4.69, 9.17) is 10.5 Å². The van der Waals surface area contributed by atoms with Gasteiger partial charge in [-0.1, -0.05) is 6.07 Å². The number of ether oxygens (including phenoxy) is 1. The van der Waals surface area contributed by atoms with Gasteiger partial charge in [-0.25, -0.2) is 0 Å². The molecule has 3 heteroatoms. The van der Waals surface area contributed by atoms with Crippen molar-refractivity contribution in [2.45, 2.75) is 26.7 Å². The van der Waals surface area contributed by atoms with Crippen LogP contribution >= 0.6 is 0 Å². The van der Waals surface area contributed by atoms with Gasteiger partial charge in [-0.05, 0) is 49.9 Å². The maximum absolute atomic E-state index is 9.78. The maximum atomic E-state index is 9.78. The van der Waals surface area contributed by atoms with Crippen molar-refractivity contribution in [1.82, 2.24) is 0 Å². The number of phenolic OH excluding ortho intramolecular Hbond substituents is 1. The third-order valence-corrected chi connectivity index (χ3v) is 2.66. The third-order valence-electron chi connectivity index (χ3n) is 2.66. The van der Waals surface area contributed by atoms with Crippen molar-refractivity contribution in [3.05, 3.63) is 22.8 Å². The Labute approximate surface area is 90.9 Å². The fraction of sp³-hybridized carbons (Fsp3) is 0.500. The number of aromatic hydroxyl groups is 1. The third kappa shape index (κ3) is 2.42. The molecule has 0 fully saturated rings. The Morgan fingerprint density at radius 2 is 2.07 bits per heavy atom. The highest BCUT2D eigenvalue weighted by molar-refractivity contribution is 5.53. The summed E-state index contributed by atoms with van der Waals surface area (Å²) in [5, 5.41) is 9.78. The first-order chi connectivity index (χ1) is 7.11. The Hall–Kier alpha value is -1.22. The van der Waals surface area contributed by atoms with Crippen molar-refractivity contribution in [3.63, 3.8) is 0 Å². The second kappa shape index (κ2) is 5.03. The van der Waals surface area contributed by atoms with Gasteiger partial charge in [0, 0.05) is 0 Å². The fourth-order valence-electron chi connectivity index (χ4n) is 1.74. The maximum Gasteiger partial charge on any atom is 0.163 e. The van der Waals surface area contributed by atoms with Gasteiger partial charge in [-0.2, -0.15) is 0 Å². The monoisotopic (exact) mass is 209 g/mol. The Bertz CT molecular complexity index is 348. The molecule has 0 aliphatic heterocycles. The average molecular weight is 209 g/mol. The van der Waals surface area contributed by atoms with Crippen LogP contribution in [-0.2, 0) is 6.42 Å². The van der Waals surface area contributed by atoms with E-state index in [9.17, 15) is 5.11 Å². The number of aryl methyl sites for hydroxylation is 2. The van der Waals surface area contributed by atoms with E-state index in [-0.39, 0.29) is 5.75 Å². The molecule has 3 N–H and O–H groups in total. The second-order valence-corrected chi connectivity index (χ2v) is 3.75. The minimum Gasteiger partial charge on any atom is -0.504 e. The van der Waals surface area contributed by atoms with Crippen LogP contribution in [0, 0.1) is 13.8 Å². The molecule has 0 saturated carbocycles. The van der Waals surface area contributed by atoms with Gasteiger partial charge in [-0.15, -0.1) is 0 Å². The molecule has 0 unspecified atom stereocenters. The first kappa shape index (κ1) is 11.9. The van der Waals surface area contributed by atoms with Gasteiger partial charge in [0.1, 0.15) is 0 Å². The lowest BCUT2D eigenvalue weighted by Gasteiger charge is -2.14.